The molecule has 1 aromatic carbocycles. The summed E-state index contributed by atoms with van der Waals surface area (Å²) in [7, 11) is 0. The van der Waals surface area contributed by atoms with Crippen molar-refractivity contribution < 1.29 is 22.4 Å². The fourth-order valence-corrected chi connectivity index (χ4v) is 1.23. The van der Waals surface area contributed by atoms with Gasteiger partial charge in [-0.25, -0.2) is 9.18 Å². The number of anilines is 1. The van der Waals surface area contributed by atoms with E-state index in [1.54, 1.807) is 0 Å². The Morgan fingerprint density at radius 2 is 2.00 bits per heavy atom. The van der Waals surface area contributed by atoms with Crippen LogP contribution in [0.1, 0.15) is 18.9 Å². The number of urea groups is 1. The average Bonchev–Trinajstić information content (AvgIpc) is 2.27. The van der Waals surface area contributed by atoms with Gasteiger partial charge < -0.3 is 10.6 Å². The zero-order valence-corrected chi connectivity index (χ0v) is 9.57. The number of hydrogen-bond acceptors (Lipinski definition) is 1. The first kappa shape index (κ1) is 14.3. The van der Waals surface area contributed by atoms with E-state index in [0.29, 0.717) is 25.1 Å². The van der Waals surface area contributed by atoms with Crippen LogP contribution in [0, 0.1) is 5.82 Å². The summed E-state index contributed by atoms with van der Waals surface area (Å²) < 4.78 is 50.2. The van der Waals surface area contributed by atoms with Gasteiger partial charge in [-0.3, -0.25) is 0 Å². The van der Waals surface area contributed by atoms with Gasteiger partial charge in [0, 0.05) is 12.2 Å². The summed E-state index contributed by atoms with van der Waals surface area (Å²) in [4.78, 5) is 11.2. The van der Waals surface area contributed by atoms with Crippen molar-refractivity contribution in [3.05, 3.63) is 29.6 Å². The van der Waals surface area contributed by atoms with Crippen LogP contribution in [0.25, 0.3) is 0 Å². The van der Waals surface area contributed by atoms with E-state index >= 15 is 0 Å². The van der Waals surface area contributed by atoms with E-state index in [1.807, 2.05) is 6.92 Å². The molecule has 0 aromatic heterocycles. The molecule has 2 N–H and O–H groups in total. The van der Waals surface area contributed by atoms with Crippen molar-refractivity contribution in [2.75, 3.05) is 11.9 Å². The number of hydrogen-bond donors (Lipinski definition) is 2. The monoisotopic (exact) mass is 264 g/mol. The highest BCUT2D eigenvalue weighted by Gasteiger charge is 2.34. The van der Waals surface area contributed by atoms with Crippen molar-refractivity contribution in [2.45, 2.75) is 19.5 Å². The summed E-state index contributed by atoms with van der Waals surface area (Å²) in [5.41, 5.74) is -1.52. The van der Waals surface area contributed by atoms with Gasteiger partial charge in [0.05, 0.1) is 5.56 Å². The molecule has 0 aliphatic carbocycles. The molecule has 0 radical (unpaired) electrons. The molecule has 0 atom stereocenters. The van der Waals surface area contributed by atoms with Crippen LogP contribution in [-0.2, 0) is 6.18 Å². The second-order valence-electron chi connectivity index (χ2n) is 3.57. The predicted molar refractivity (Wildman–Crippen MR) is 58.7 cm³/mol. The summed E-state index contributed by atoms with van der Waals surface area (Å²) in [5.74, 6) is -1.37. The molecular weight excluding hydrogens is 252 g/mol. The molecule has 0 bridgehead atoms. The molecule has 0 spiro atoms. The third kappa shape index (κ3) is 3.90. The maximum absolute atomic E-state index is 13.0. The Balaban J connectivity index is 2.83. The van der Waals surface area contributed by atoms with Crippen molar-refractivity contribution in [1.29, 1.82) is 0 Å². The van der Waals surface area contributed by atoms with Crippen LogP contribution in [0.4, 0.5) is 28.0 Å². The largest absolute Gasteiger partial charge is 0.419 e. The van der Waals surface area contributed by atoms with Crippen LogP contribution in [0.15, 0.2) is 18.2 Å². The third-order valence-electron chi connectivity index (χ3n) is 2.07. The Labute approximate surface area is 101 Å². The second-order valence-corrected chi connectivity index (χ2v) is 3.57. The van der Waals surface area contributed by atoms with Crippen molar-refractivity contribution >= 4 is 11.7 Å². The number of benzene rings is 1. The number of halogens is 4. The number of rotatable bonds is 3. The van der Waals surface area contributed by atoms with E-state index in [9.17, 15) is 22.4 Å². The van der Waals surface area contributed by atoms with Gasteiger partial charge >= 0.3 is 12.2 Å². The zero-order valence-electron chi connectivity index (χ0n) is 9.57. The molecule has 0 saturated heterocycles. The molecule has 18 heavy (non-hydrogen) atoms. The van der Waals surface area contributed by atoms with E-state index in [2.05, 4.69) is 10.6 Å². The quantitative estimate of drug-likeness (QED) is 0.807. The molecule has 1 rings (SSSR count). The Morgan fingerprint density at radius 1 is 1.33 bits per heavy atom. The molecule has 100 valence electrons. The van der Waals surface area contributed by atoms with E-state index in [0.717, 1.165) is 6.07 Å². The minimum atomic E-state index is -4.79. The third-order valence-corrected chi connectivity index (χ3v) is 2.07. The summed E-state index contributed by atoms with van der Waals surface area (Å²) in [6, 6.07) is 1.66. The van der Waals surface area contributed by atoms with Crippen molar-refractivity contribution in [3.8, 4) is 0 Å². The van der Waals surface area contributed by atoms with E-state index < -0.39 is 23.6 Å². The molecule has 7 heteroatoms. The van der Waals surface area contributed by atoms with Crippen LogP contribution < -0.4 is 10.6 Å². The summed E-state index contributed by atoms with van der Waals surface area (Å²) in [5, 5.41) is 4.63. The van der Waals surface area contributed by atoms with Crippen molar-refractivity contribution in [2.24, 2.45) is 0 Å². The van der Waals surface area contributed by atoms with Gasteiger partial charge in [-0.1, -0.05) is 6.92 Å². The maximum Gasteiger partial charge on any atom is 0.419 e. The topological polar surface area (TPSA) is 41.1 Å². The second kappa shape index (κ2) is 5.70. The lowest BCUT2D eigenvalue weighted by atomic mass is 10.2. The SMILES string of the molecule is CCCNC(=O)Nc1ccc(F)c(C(F)(F)F)c1. The van der Waals surface area contributed by atoms with Crippen LogP contribution in [0.3, 0.4) is 0 Å². The lowest BCUT2D eigenvalue weighted by molar-refractivity contribution is -0.139. The molecule has 2 amide bonds. The van der Waals surface area contributed by atoms with Gasteiger partial charge in [-0.05, 0) is 24.6 Å². The number of amides is 2. The summed E-state index contributed by atoms with van der Waals surface area (Å²) in [6.07, 6.45) is -4.09. The van der Waals surface area contributed by atoms with Crippen molar-refractivity contribution in [1.82, 2.24) is 5.32 Å². The summed E-state index contributed by atoms with van der Waals surface area (Å²) >= 11 is 0. The molecule has 0 saturated carbocycles. The van der Waals surface area contributed by atoms with Gasteiger partial charge in [0.25, 0.3) is 0 Å². The fourth-order valence-electron chi connectivity index (χ4n) is 1.23. The highest BCUT2D eigenvalue weighted by atomic mass is 19.4. The Bertz CT molecular complexity index is 432. The molecule has 3 nitrogen and oxygen atoms in total. The van der Waals surface area contributed by atoms with Crippen LogP contribution in [0.2, 0.25) is 0 Å². The zero-order chi connectivity index (χ0) is 13.8. The number of carbonyl (C=O) groups excluding carboxylic acids is 1. The maximum atomic E-state index is 13.0. The Kier molecular flexibility index (Phi) is 4.52. The first-order valence-corrected chi connectivity index (χ1v) is 5.26. The number of nitrogens with one attached hydrogen (secondary N) is 2. The van der Waals surface area contributed by atoms with E-state index in [-0.39, 0.29) is 5.69 Å². The van der Waals surface area contributed by atoms with Gasteiger partial charge in [0.2, 0.25) is 0 Å². The number of carbonyl (C=O) groups is 1. The van der Waals surface area contributed by atoms with Crippen LogP contribution in [0.5, 0.6) is 0 Å². The van der Waals surface area contributed by atoms with Crippen LogP contribution >= 0.6 is 0 Å². The first-order valence-electron chi connectivity index (χ1n) is 5.26. The van der Waals surface area contributed by atoms with Gasteiger partial charge in [-0.15, -0.1) is 0 Å². The number of alkyl halides is 3. The van der Waals surface area contributed by atoms with Gasteiger partial charge in [0.1, 0.15) is 5.82 Å². The highest BCUT2D eigenvalue weighted by molar-refractivity contribution is 5.89. The lowest BCUT2D eigenvalue weighted by Gasteiger charge is -2.11. The standard InChI is InChI=1S/C11H12F4N2O/c1-2-5-16-10(18)17-7-3-4-9(12)8(6-7)11(13,14)15/h3-4,6H,2,5H2,1H3,(H2,16,17,18). The first-order chi connectivity index (χ1) is 8.34. The molecule has 0 heterocycles. The van der Waals surface area contributed by atoms with Gasteiger partial charge in [0.15, 0.2) is 0 Å². The van der Waals surface area contributed by atoms with Crippen LogP contribution in [-0.4, -0.2) is 12.6 Å². The Morgan fingerprint density at radius 3 is 2.56 bits per heavy atom. The van der Waals surface area contributed by atoms with E-state index in [4.69, 9.17) is 0 Å². The smallest absolute Gasteiger partial charge is 0.338 e. The molecule has 0 aliphatic rings. The molecule has 1 aromatic rings. The Hall–Kier alpha value is -1.79. The molecule has 0 unspecified atom stereocenters. The highest BCUT2D eigenvalue weighted by Crippen LogP contribution is 2.32. The predicted octanol–water partition coefficient (Wildman–Crippen LogP) is 3.38. The normalized spacial score (nSPS) is 11.2. The van der Waals surface area contributed by atoms with E-state index in [1.165, 1.54) is 0 Å². The minimum Gasteiger partial charge on any atom is -0.338 e. The molecular formula is C11H12F4N2O. The minimum absolute atomic E-state index is 0.114. The fraction of sp³-hybridized carbons (Fsp3) is 0.364. The van der Waals surface area contributed by atoms with Gasteiger partial charge in [-0.2, -0.15) is 13.2 Å². The average molecular weight is 264 g/mol. The molecule has 0 aliphatic heterocycles. The van der Waals surface area contributed by atoms with Crippen molar-refractivity contribution in [3.63, 3.8) is 0 Å². The molecule has 0 fully saturated rings. The summed E-state index contributed by atoms with van der Waals surface area (Å²) in [6.45, 7) is 2.24. The lowest BCUT2D eigenvalue weighted by Crippen LogP contribution is -2.29.